The molecule has 1 unspecified atom stereocenters. The fourth-order valence-electron chi connectivity index (χ4n) is 3.22. The third kappa shape index (κ3) is 3.06. The second-order valence-corrected chi connectivity index (χ2v) is 6.37. The second-order valence-electron chi connectivity index (χ2n) is 6.37. The summed E-state index contributed by atoms with van der Waals surface area (Å²) < 4.78 is 0. The first-order valence-electron chi connectivity index (χ1n) is 8.19. The van der Waals surface area contributed by atoms with Crippen molar-refractivity contribution in [3.8, 4) is 0 Å². The Balaban J connectivity index is 2.22. The Hall–Kier alpha value is -3.54. The molecule has 27 heavy (non-hydrogen) atoms. The number of aromatic carboxylic acids is 1. The molecular weight excluding hydrogens is 348 g/mol. The molecule has 3 rings (SSSR count). The molecule has 1 aliphatic rings. The van der Waals surface area contributed by atoms with Gasteiger partial charge in [0, 0.05) is 11.1 Å². The standard InChI is InChI=1S/C21H16O6/c1-10(22)14-7-8-15-16(9-14)18(20(25)17(15)11(2)23)19(24)12-3-5-13(6-4-12)21(26)27/h3-9,17,24H,1-2H3,(H,26,27)/b19-18-. The number of aliphatic hydroxyl groups excluding tert-OH is 1. The molecule has 0 saturated heterocycles. The van der Waals surface area contributed by atoms with Crippen molar-refractivity contribution in [1.29, 1.82) is 0 Å². The van der Waals surface area contributed by atoms with E-state index in [9.17, 15) is 24.3 Å². The van der Waals surface area contributed by atoms with Gasteiger partial charge in [0.2, 0.25) is 0 Å². The number of hydrogen-bond donors (Lipinski definition) is 2. The van der Waals surface area contributed by atoms with Crippen molar-refractivity contribution in [3.63, 3.8) is 0 Å². The van der Waals surface area contributed by atoms with Crippen LogP contribution < -0.4 is 0 Å². The minimum atomic E-state index is -1.11. The van der Waals surface area contributed by atoms with Crippen molar-refractivity contribution in [2.24, 2.45) is 0 Å². The van der Waals surface area contributed by atoms with Crippen molar-refractivity contribution in [1.82, 2.24) is 0 Å². The van der Waals surface area contributed by atoms with Gasteiger partial charge in [-0.1, -0.05) is 24.3 Å². The largest absolute Gasteiger partial charge is 0.507 e. The van der Waals surface area contributed by atoms with Gasteiger partial charge in [0.25, 0.3) is 0 Å². The third-order valence-corrected chi connectivity index (χ3v) is 4.60. The fourth-order valence-corrected chi connectivity index (χ4v) is 3.22. The van der Waals surface area contributed by atoms with Crippen molar-refractivity contribution in [2.45, 2.75) is 19.8 Å². The van der Waals surface area contributed by atoms with E-state index in [1.54, 1.807) is 12.1 Å². The average Bonchev–Trinajstić information content (AvgIpc) is 2.92. The highest BCUT2D eigenvalue weighted by molar-refractivity contribution is 6.38. The second kappa shape index (κ2) is 6.64. The van der Waals surface area contributed by atoms with E-state index in [4.69, 9.17) is 5.11 Å². The highest BCUT2D eigenvalue weighted by Gasteiger charge is 2.40. The molecule has 1 atom stereocenters. The van der Waals surface area contributed by atoms with Gasteiger partial charge in [-0.15, -0.1) is 0 Å². The summed E-state index contributed by atoms with van der Waals surface area (Å²) in [7, 11) is 0. The molecule has 0 amide bonds. The summed E-state index contributed by atoms with van der Waals surface area (Å²) in [6.07, 6.45) is 0. The molecule has 2 N–H and O–H groups in total. The number of ketones is 3. The van der Waals surface area contributed by atoms with Crippen LogP contribution in [-0.4, -0.2) is 33.5 Å². The van der Waals surface area contributed by atoms with Crippen LogP contribution in [0.15, 0.2) is 42.5 Å². The number of hydrogen-bond acceptors (Lipinski definition) is 5. The van der Waals surface area contributed by atoms with Gasteiger partial charge in [-0.25, -0.2) is 4.79 Å². The quantitative estimate of drug-likeness (QED) is 0.373. The van der Waals surface area contributed by atoms with E-state index in [1.807, 2.05) is 0 Å². The van der Waals surface area contributed by atoms with Gasteiger partial charge in [0.1, 0.15) is 17.5 Å². The number of carbonyl (C=O) groups excluding carboxylic acids is 3. The first kappa shape index (κ1) is 18.3. The topological polar surface area (TPSA) is 109 Å². The number of aliphatic hydroxyl groups is 1. The Morgan fingerprint density at radius 2 is 1.41 bits per heavy atom. The molecule has 0 spiro atoms. The zero-order chi connectivity index (χ0) is 19.9. The van der Waals surface area contributed by atoms with Crippen LogP contribution in [0.2, 0.25) is 0 Å². The molecular formula is C21H16O6. The average molecular weight is 364 g/mol. The number of carboxylic acid groups (broad SMARTS) is 1. The van der Waals surface area contributed by atoms with Gasteiger partial charge in [0.15, 0.2) is 11.6 Å². The molecule has 1 aliphatic carbocycles. The summed E-state index contributed by atoms with van der Waals surface area (Å²) in [5.74, 6) is -3.61. The molecule has 136 valence electrons. The Kier molecular flexibility index (Phi) is 4.49. The summed E-state index contributed by atoms with van der Waals surface area (Å²) in [5, 5.41) is 19.7. The number of fused-ring (bicyclic) bond motifs is 1. The maximum absolute atomic E-state index is 12.9. The van der Waals surface area contributed by atoms with E-state index in [1.165, 1.54) is 44.2 Å². The number of benzene rings is 2. The van der Waals surface area contributed by atoms with Gasteiger partial charge < -0.3 is 10.2 Å². The Labute approximate surface area is 154 Å². The van der Waals surface area contributed by atoms with Crippen molar-refractivity contribution >= 4 is 34.7 Å². The van der Waals surface area contributed by atoms with Crippen LogP contribution in [-0.2, 0) is 9.59 Å². The Morgan fingerprint density at radius 1 is 0.852 bits per heavy atom. The maximum Gasteiger partial charge on any atom is 0.335 e. The van der Waals surface area contributed by atoms with Crippen LogP contribution in [0, 0.1) is 0 Å². The number of rotatable bonds is 4. The van der Waals surface area contributed by atoms with Gasteiger partial charge in [0.05, 0.1) is 11.1 Å². The summed E-state index contributed by atoms with van der Waals surface area (Å²) in [6, 6.07) is 9.99. The van der Waals surface area contributed by atoms with Gasteiger partial charge >= 0.3 is 5.97 Å². The van der Waals surface area contributed by atoms with Crippen LogP contribution in [0.5, 0.6) is 0 Å². The van der Waals surface area contributed by atoms with E-state index in [2.05, 4.69) is 0 Å². The van der Waals surface area contributed by atoms with Gasteiger partial charge in [-0.2, -0.15) is 0 Å². The number of allylic oxidation sites excluding steroid dienone is 1. The van der Waals surface area contributed by atoms with E-state index in [0.29, 0.717) is 16.7 Å². The molecule has 0 aliphatic heterocycles. The first-order valence-corrected chi connectivity index (χ1v) is 8.19. The maximum atomic E-state index is 12.9. The number of Topliss-reactive ketones (excluding diaryl/α,β-unsaturated/α-hetero) is 3. The summed E-state index contributed by atoms with van der Waals surface area (Å²) >= 11 is 0. The fraction of sp³-hybridized carbons (Fsp3) is 0.143. The van der Waals surface area contributed by atoms with Crippen molar-refractivity contribution in [3.05, 3.63) is 70.3 Å². The molecule has 6 heteroatoms. The van der Waals surface area contributed by atoms with Crippen molar-refractivity contribution in [2.75, 3.05) is 0 Å². The van der Waals surface area contributed by atoms with Crippen LogP contribution in [0.3, 0.4) is 0 Å². The summed E-state index contributed by atoms with van der Waals surface area (Å²) in [5.41, 5.74) is 1.38. The lowest BCUT2D eigenvalue weighted by molar-refractivity contribution is -0.124. The molecule has 0 bridgehead atoms. The zero-order valence-electron chi connectivity index (χ0n) is 14.6. The zero-order valence-corrected chi connectivity index (χ0v) is 14.6. The summed E-state index contributed by atoms with van der Waals surface area (Å²) in [6.45, 7) is 2.68. The Morgan fingerprint density at radius 3 is 1.93 bits per heavy atom. The third-order valence-electron chi connectivity index (χ3n) is 4.60. The lowest BCUT2D eigenvalue weighted by Gasteiger charge is -2.07. The molecule has 0 fully saturated rings. The lowest BCUT2D eigenvalue weighted by Crippen LogP contribution is -2.14. The predicted molar refractivity (Wildman–Crippen MR) is 97.7 cm³/mol. The molecule has 2 aromatic rings. The molecule has 6 nitrogen and oxygen atoms in total. The number of carbonyl (C=O) groups is 4. The monoisotopic (exact) mass is 364 g/mol. The number of carboxylic acids is 1. The van der Waals surface area contributed by atoms with E-state index >= 15 is 0 Å². The minimum Gasteiger partial charge on any atom is -0.507 e. The predicted octanol–water partition coefficient (Wildman–Crippen LogP) is 3.27. The molecule has 2 aromatic carbocycles. The smallest absolute Gasteiger partial charge is 0.335 e. The van der Waals surface area contributed by atoms with Crippen LogP contribution in [0.1, 0.15) is 57.2 Å². The normalized spacial score (nSPS) is 17.4. The molecule has 0 radical (unpaired) electrons. The van der Waals surface area contributed by atoms with Crippen LogP contribution in [0.4, 0.5) is 0 Å². The highest BCUT2D eigenvalue weighted by atomic mass is 16.4. The van der Waals surface area contributed by atoms with E-state index in [0.717, 1.165) is 0 Å². The van der Waals surface area contributed by atoms with Gasteiger partial charge in [-0.05, 0) is 43.2 Å². The van der Waals surface area contributed by atoms with Gasteiger partial charge in [-0.3, -0.25) is 14.4 Å². The van der Waals surface area contributed by atoms with E-state index < -0.39 is 17.7 Å². The van der Waals surface area contributed by atoms with Crippen molar-refractivity contribution < 1.29 is 29.4 Å². The molecule has 0 aromatic heterocycles. The van der Waals surface area contributed by atoms with E-state index in [-0.39, 0.29) is 34.0 Å². The lowest BCUT2D eigenvalue weighted by atomic mass is 9.95. The molecule has 0 saturated carbocycles. The molecule has 0 heterocycles. The Bertz CT molecular complexity index is 1030. The van der Waals surface area contributed by atoms with Crippen LogP contribution >= 0.6 is 0 Å². The highest BCUT2D eigenvalue weighted by Crippen LogP contribution is 2.42. The minimum absolute atomic E-state index is 0.0372. The summed E-state index contributed by atoms with van der Waals surface area (Å²) in [4.78, 5) is 47.5. The first-order chi connectivity index (χ1) is 12.7. The van der Waals surface area contributed by atoms with Crippen LogP contribution in [0.25, 0.3) is 11.3 Å². The SMILES string of the molecule is CC(=O)c1ccc2c(c1)/C(=C(/O)c1ccc(C(=O)O)cc1)C(=O)C2C(C)=O.